The summed E-state index contributed by atoms with van der Waals surface area (Å²) in [6, 6.07) is 8.12. The Bertz CT molecular complexity index is 358. The highest BCUT2D eigenvalue weighted by Crippen LogP contribution is 2.21. The van der Waals surface area contributed by atoms with E-state index in [4.69, 9.17) is 4.74 Å². The van der Waals surface area contributed by atoms with E-state index in [-0.39, 0.29) is 0 Å². The van der Waals surface area contributed by atoms with Gasteiger partial charge in [-0.1, -0.05) is 44.2 Å². The molecular formula is C15H22OS. The van der Waals surface area contributed by atoms with Crippen molar-refractivity contribution < 1.29 is 4.74 Å². The molecule has 0 aromatic heterocycles. The molecule has 1 rings (SSSR count). The summed E-state index contributed by atoms with van der Waals surface area (Å²) >= 11 is 4.37. The summed E-state index contributed by atoms with van der Waals surface area (Å²) in [7, 11) is 0. The first-order valence-electron chi connectivity index (χ1n) is 6.14. The zero-order chi connectivity index (χ0) is 12.7. The molecule has 0 heterocycles. The van der Waals surface area contributed by atoms with E-state index in [1.54, 1.807) is 0 Å². The molecule has 0 aliphatic carbocycles. The molecule has 94 valence electrons. The van der Waals surface area contributed by atoms with Crippen molar-refractivity contribution in [3.8, 4) is 5.75 Å². The van der Waals surface area contributed by atoms with Crippen molar-refractivity contribution in [3.63, 3.8) is 0 Å². The standard InChI is InChI=1S/C15H22OS/c1-4-7-13-8-5-6-9-15(13)16-10-14(11-17)12(2)3/h4-9,12,14,17H,10-11H2,1-3H3. The third-order valence-corrected chi connectivity index (χ3v) is 3.36. The average molecular weight is 250 g/mol. The second-order valence-corrected chi connectivity index (χ2v) is 4.90. The SMILES string of the molecule is CC=Cc1ccccc1OCC(CS)C(C)C. The lowest BCUT2D eigenvalue weighted by Crippen LogP contribution is -2.19. The van der Waals surface area contributed by atoms with Crippen molar-refractivity contribution in [1.29, 1.82) is 0 Å². The molecule has 1 atom stereocenters. The number of benzene rings is 1. The molecule has 1 unspecified atom stereocenters. The van der Waals surface area contributed by atoms with Gasteiger partial charge in [0.2, 0.25) is 0 Å². The molecule has 0 radical (unpaired) electrons. The van der Waals surface area contributed by atoms with E-state index in [2.05, 4.69) is 38.6 Å². The van der Waals surface area contributed by atoms with E-state index in [0.29, 0.717) is 11.8 Å². The van der Waals surface area contributed by atoms with Gasteiger partial charge >= 0.3 is 0 Å². The number of ether oxygens (including phenoxy) is 1. The largest absolute Gasteiger partial charge is 0.493 e. The molecular weight excluding hydrogens is 228 g/mol. The second-order valence-electron chi connectivity index (χ2n) is 4.54. The van der Waals surface area contributed by atoms with Crippen LogP contribution in [0.25, 0.3) is 6.08 Å². The quantitative estimate of drug-likeness (QED) is 0.741. The monoisotopic (exact) mass is 250 g/mol. The van der Waals surface area contributed by atoms with Gasteiger partial charge in [0.25, 0.3) is 0 Å². The first-order valence-corrected chi connectivity index (χ1v) is 6.77. The van der Waals surface area contributed by atoms with E-state index in [9.17, 15) is 0 Å². The summed E-state index contributed by atoms with van der Waals surface area (Å²) in [5, 5.41) is 0. The lowest BCUT2D eigenvalue weighted by atomic mass is 9.99. The van der Waals surface area contributed by atoms with Gasteiger partial charge in [-0.25, -0.2) is 0 Å². The summed E-state index contributed by atoms with van der Waals surface area (Å²) in [6.45, 7) is 7.17. The van der Waals surface area contributed by atoms with Crippen molar-refractivity contribution in [2.24, 2.45) is 11.8 Å². The van der Waals surface area contributed by atoms with Crippen molar-refractivity contribution in [3.05, 3.63) is 35.9 Å². The van der Waals surface area contributed by atoms with Crippen LogP contribution >= 0.6 is 12.6 Å². The first-order chi connectivity index (χ1) is 8.19. The molecule has 0 saturated carbocycles. The summed E-state index contributed by atoms with van der Waals surface area (Å²) in [5.41, 5.74) is 1.14. The van der Waals surface area contributed by atoms with Gasteiger partial charge in [0.15, 0.2) is 0 Å². The molecule has 17 heavy (non-hydrogen) atoms. The summed E-state index contributed by atoms with van der Waals surface area (Å²) in [5.74, 6) is 2.92. The number of thiol groups is 1. The van der Waals surface area contributed by atoms with Gasteiger partial charge < -0.3 is 4.74 Å². The maximum atomic E-state index is 5.90. The lowest BCUT2D eigenvalue weighted by Gasteiger charge is -2.19. The Hall–Kier alpha value is -0.890. The second kappa shape index (κ2) is 7.44. The van der Waals surface area contributed by atoms with Gasteiger partial charge in [-0.05, 0) is 24.7 Å². The predicted octanol–water partition coefficient (Wildman–Crippen LogP) is 4.30. The molecule has 1 aromatic rings. The maximum absolute atomic E-state index is 5.90. The molecule has 0 N–H and O–H groups in total. The Morgan fingerprint density at radius 1 is 1.29 bits per heavy atom. The van der Waals surface area contributed by atoms with E-state index in [1.165, 1.54) is 0 Å². The van der Waals surface area contributed by atoms with Crippen LogP contribution in [0, 0.1) is 11.8 Å². The van der Waals surface area contributed by atoms with Crippen molar-refractivity contribution in [2.75, 3.05) is 12.4 Å². The third kappa shape index (κ3) is 4.47. The number of hydrogen-bond acceptors (Lipinski definition) is 2. The Morgan fingerprint density at radius 2 is 2.00 bits per heavy atom. The normalized spacial score (nSPS) is 13.2. The smallest absolute Gasteiger partial charge is 0.126 e. The molecule has 0 fully saturated rings. The Balaban J connectivity index is 2.68. The summed E-state index contributed by atoms with van der Waals surface area (Å²) in [6.07, 6.45) is 4.10. The fourth-order valence-electron chi connectivity index (χ4n) is 1.58. The summed E-state index contributed by atoms with van der Waals surface area (Å²) < 4.78 is 5.90. The summed E-state index contributed by atoms with van der Waals surface area (Å²) in [4.78, 5) is 0. The molecule has 0 aliphatic rings. The van der Waals surface area contributed by atoms with Gasteiger partial charge in [0.1, 0.15) is 5.75 Å². The van der Waals surface area contributed by atoms with Gasteiger partial charge in [0, 0.05) is 11.5 Å². The van der Waals surface area contributed by atoms with Crippen LogP contribution in [-0.2, 0) is 0 Å². The molecule has 0 aliphatic heterocycles. The molecule has 0 saturated heterocycles. The van der Waals surface area contributed by atoms with Crippen LogP contribution in [0.15, 0.2) is 30.3 Å². The molecule has 1 nitrogen and oxygen atoms in total. The molecule has 0 spiro atoms. The average Bonchev–Trinajstić information content (AvgIpc) is 2.32. The Kier molecular flexibility index (Phi) is 6.20. The maximum Gasteiger partial charge on any atom is 0.126 e. The van der Waals surface area contributed by atoms with Gasteiger partial charge in [-0.3, -0.25) is 0 Å². The van der Waals surface area contributed by atoms with E-state index < -0.39 is 0 Å². The van der Waals surface area contributed by atoms with Crippen LogP contribution in [0.5, 0.6) is 5.75 Å². The number of para-hydroxylation sites is 1. The van der Waals surface area contributed by atoms with E-state index >= 15 is 0 Å². The molecule has 0 bridgehead atoms. The van der Waals surface area contributed by atoms with Crippen LogP contribution in [0.3, 0.4) is 0 Å². The van der Waals surface area contributed by atoms with Crippen molar-refractivity contribution in [2.45, 2.75) is 20.8 Å². The number of rotatable bonds is 6. The van der Waals surface area contributed by atoms with Crippen LogP contribution in [0.1, 0.15) is 26.3 Å². The van der Waals surface area contributed by atoms with Crippen molar-refractivity contribution >= 4 is 18.7 Å². The fraction of sp³-hybridized carbons (Fsp3) is 0.467. The first kappa shape index (κ1) is 14.2. The van der Waals surface area contributed by atoms with E-state index in [1.807, 2.05) is 31.2 Å². The molecule has 1 aromatic carbocycles. The highest BCUT2D eigenvalue weighted by molar-refractivity contribution is 7.80. The van der Waals surface area contributed by atoms with Crippen LogP contribution in [0.2, 0.25) is 0 Å². The third-order valence-electron chi connectivity index (χ3n) is 2.90. The molecule has 0 amide bonds. The van der Waals surface area contributed by atoms with Crippen LogP contribution in [0.4, 0.5) is 0 Å². The lowest BCUT2D eigenvalue weighted by molar-refractivity contribution is 0.226. The van der Waals surface area contributed by atoms with E-state index in [0.717, 1.165) is 23.7 Å². The predicted molar refractivity (Wildman–Crippen MR) is 78.8 cm³/mol. The Morgan fingerprint density at radius 3 is 2.59 bits per heavy atom. The molecule has 2 heteroatoms. The number of hydrogen-bond donors (Lipinski definition) is 1. The van der Waals surface area contributed by atoms with Crippen molar-refractivity contribution in [1.82, 2.24) is 0 Å². The minimum absolute atomic E-state index is 0.497. The Labute approximate surface area is 110 Å². The van der Waals surface area contributed by atoms with Gasteiger partial charge in [0.05, 0.1) is 6.61 Å². The van der Waals surface area contributed by atoms with Gasteiger partial charge in [-0.15, -0.1) is 0 Å². The minimum Gasteiger partial charge on any atom is -0.493 e. The zero-order valence-electron chi connectivity index (χ0n) is 10.9. The number of allylic oxidation sites excluding steroid dienone is 1. The fourth-order valence-corrected chi connectivity index (χ4v) is 2.11. The van der Waals surface area contributed by atoms with Gasteiger partial charge in [-0.2, -0.15) is 12.6 Å². The highest BCUT2D eigenvalue weighted by atomic mass is 32.1. The zero-order valence-corrected chi connectivity index (χ0v) is 11.8. The minimum atomic E-state index is 0.497. The highest BCUT2D eigenvalue weighted by Gasteiger charge is 2.12. The van der Waals surface area contributed by atoms with Crippen LogP contribution < -0.4 is 4.74 Å². The topological polar surface area (TPSA) is 9.23 Å². The van der Waals surface area contributed by atoms with Crippen LogP contribution in [-0.4, -0.2) is 12.4 Å².